The Morgan fingerprint density at radius 1 is 1.32 bits per heavy atom. The highest BCUT2D eigenvalue weighted by Crippen LogP contribution is 2.32. The molecule has 7 heteroatoms. The normalized spacial score (nSPS) is 10.8. The molecular formula is C12H8BrFN4S. The zero-order valence-corrected chi connectivity index (χ0v) is 11.9. The van der Waals surface area contributed by atoms with E-state index in [1.807, 2.05) is 0 Å². The lowest BCUT2D eigenvalue weighted by Gasteiger charge is -2.00. The maximum Gasteiger partial charge on any atom is 0.132 e. The van der Waals surface area contributed by atoms with Gasteiger partial charge in [0.25, 0.3) is 0 Å². The molecule has 0 atom stereocenters. The first kappa shape index (κ1) is 12.3. The molecule has 3 N–H and O–H groups in total. The summed E-state index contributed by atoms with van der Waals surface area (Å²) in [5, 5.41) is 9.00. The molecule has 2 aromatic heterocycles. The number of anilines is 1. The molecule has 1 aromatic carbocycles. The van der Waals surface area contributed by atoms with Crippen molar-refractivity contribution in [3.05, 3.63) is 40.1 Å². The third kappa shape index (κ3) is 2.26. The van der Waals surface area contributed by atoms with E-state index >= 15 is 0 Å². The minimum absolute atomic E-state index is 0.305. The predicted octanol–water partition coefficient (Wildman–Crippen LogP) is 3.68. The van der Waals surface area contributed by atoms with Crippen molar-refractivity contribution in [1.82, 2.24) is 15.2 Å². The third-order valence-electron chi connectivity index (χ3n) is 2.61. The number of hydrogen-bond acceptors (Lipinski definition) is 4. The Morgan fingerprint density at radius 2 is 2.16 bits per heavy atom. The first-order valence-corrected chi connectivity index (χ1v) is 7.02. The summed E-state index contributed by atoms with van der Waals surface area (Å²) in [6, 6.07) is 4.76. The fourth-order valence-electron chi connectivity index (χ4n) is 1.68. The Bertz CT molecular complexity index is 737. The summed E-state index contributed by atoms with van der Waals surface area (Å²) in [6.45, 7) is 0. The molecule has 19 heavy (non-hydrogen) atoms. The number of nitrogen functional groups attached to an aromatic ring is 1. The van der Waals surface area contributed by atoms with Crippen molar-refractivity contribution in [1.29, 1.82) is 0 Å². The number of benzene rings is 1. The van der Waals surface area contributed by atoms with Crippen molar-refractivity contribution in [2.24, 2.45) is 0 Å². The molecule has 0 saturated carbocycles. The monoisotopic (exact) mass is 338 g/mol. The van der Waals surface area contributed by atoms with Crippen LogP contribution in [0.1, 0.15) is 0 Å². The average molecular weight is 339 g/mol. The predicted molar refractivity (Wildman–Crippen MR) is 77.2 cm³/mol. The van der Waals surface area contributed by atoms with Crippen molar-refractivity contribution >= 4 is 33.1 Å². The van der Waals surface area contributed by atoms with Crippen LogP contribution in [0.2, 0.25) is 0 Å². The first-order valence-electron chi connectivity index (χ1n) is 5.35. The molecule has 0 unspecified atom stereocenters. The Kier molecular flexibility index (Phi) is 3.08. The van der Waals surface area contributed by atoms with Gasteiger partial charge < -0.3 is 5.73 Å². The van der Waals surface area contributed by atoms with Crippen LogP contribution in [0.25, 0.3) is 21.8 Å². The van der Waals surface area contributed by atoms with E-state index < -0.39 is 0 Å². The Balaban J connectivity index is 2.06. The number of thiazole rings is 1. The number of nitrogens with one attached hydrogen (secondary N) is 1. The Hall–Kier alpha value is -1.73. The topological polar surface area (TPSA) is 67.6 Å². The second-order valence-electron chi connectivity index (χ2n) is 3.86. The zero-order chi connectivity index (χ0) is 13.4. The third-order valence-corrected chi connectivity index (χ3v) is 3.98. The van der Waals surface area contributed by atoms with Gasteiger partial charge >= 0.3 is 0 Å². The molecule has 3 rings (SSSR count). The van der Waals surface area contributed by atoms with Crippen molar-refractivity contribution in [2.75, 3.05) is 5.73 Å². The van der Waals surface area contributed by atoms with Gasteiger partial charge in [0.05, 0.1) is 17.5 Å². The average Bonchev–Trinajstić information content (AvgIpc) is 3.00. The van der Waals surface area contributed by atoms with Crippen molar-refractivity contribution in [3.63, 3.8) is 0 Å². The standard InChI is InChI=1S/C12H8BrFN4S/c13-6-1-2-9(14)7(3-6)10-5-19-12(17-10)8-4-16-18-11(8)15/h1-5H,(H3,15,16,18). The molecular weight excluding hydrogens is 331 g/mol. The second kappa shape index (κ2) is 4.75. The first-order chi connectivity index (χ1) is 9.15. The van der Waals surface area contributed by atoms with Gasteiger partial charge in [0, 0.05) is 15.4 Å². The van der Waals surface area contributed by atoms with Crippen molar-refractivity contribution < 1.29 is 4.39 Å². The van der Waals surface area contributed by atoms with E-state index in [0.29, 0.717) is 22.1 Å². The molecule has 0 bridgehead atoms. The van der Waals surface area contributed by atoms with Crippen LogP contribution < -0.4 is 5.73 Å². The van der Waals surface area contributed by atoms with Gasteiger partial charge in [-0.25, -0.2) is 9.37 Å². The van der Waals surface area contributed by atoms with Gasteiger partial charge in [0.1, 0.15) is 16.6 Å². The van der Waals surface area contributed by atoms with Gasteiger partial charge in [0.2, 0.25) is 0 Å². The van der Waals surface area contributed by atoms with Crippen LogP contribution in [-0.2, 0) is 0 Å². The van der Waals surface area contributed by atoms with Crippen LogP contribution in [0.4, 0.5) is 10.2 Å². The number of halogens is 2. The molecule has 2 heterocycles. The number of rotatable bonds is 2. The molecule has 0 saturated heterocycles. The zero-order valence-electron chi connectivity index (χ0n) is 9.52. The van der Waals surface area contributed by atoms with Crippen LogP contribution in [0, 0.1) is 5.82 Å². The van der Waals surface area contributed by atoms with E-state index in [1.54, 1.807) is 23.7 Å². The summed E-state index contributed by atoms with van der Waals surface area (Å²) >= 11 is 4.72. The van der Waals surface area contributed by atoms with Gasteiger partial charge in [-0.2, -0.15) is 5.10 Å². The number of H-pyrrole nitrogens is 1. The molecule has 0 amide bonds. The van der Waals surface area contributed by atoms with E-state index in [9.17, 15) is 4.39 Å². The van der Waals surface area contributed by atoms with E-state index in [4.69, 9.17) is 5.73 Å². The van der Waals surface area contributed by atoms with Crippen LogP contribution in [0.3, 0.4) is 0 Å². The van der Waals surface area contributed by atoms with Crippen LogP contribution in [0.15, 0.2) is 34.2 Å². The lowest BCUT2D eigenvalue weighted by Crippen LogP contribution is -1.88. The maximum absolute atomic E-state index is 13.8. The summed E-state index contributed by atoms with van der Waals surface area (Å²) in [7, 11) is 0. The minimum Gasteiger partial charge on any atom is -0.383 e. The molecule has 0 aliphatic carbocycles. The molecule has 0 spiro atoms. The molecule has 3 aromatic rings. The smallest absolute Gasteiger partial charge is 0.132 e. The highest BCUT2D eigenvalue weighted by Gasteiger charge is 2.13. The van der Waals surface area contributed by atoms with Crippen LogP contribution in [-0.4, -0.2) is 15.2 Å². The summed E-state index contributed by atoms with van der Waals surface area (Å²) in [5.74, 6) is 0.149. The van der Waals surface area contributed by atoms with Crippen molar-refractivity contribution in [2.45, 2.75) is 0 Å². The van der Waals surface area contributed by atoms with E-state index in [0.717, 1.165) is 10.0 Å². The van der Waals surface area contributed by atoms with Gasteiger partial charge in [-0.1, -0.05) is 15.9 Å². The number of nitrogens with two attached hydrogens (primary N) is 1. The summed E-state index contributed by atoms with van der Waals surface area (Å²) in [4.78, 5) is 4.40. The molecule has 0 aliphatic heterocycles. The quantitative estimate of drug-likeness (QED) is 0.748. The SMILES string of the molecule is Nc1[nH]ncc1-c1nc(-c2cc(Br)ccc2F)cs1. The molecule has 4 nitrogen and oxygen atoms in total. The van der Waals surface area contributed by atoms with Crippen LogP contribution >= 0.6 is 27.3 Å². The molecule has 0 fully saturated rings. The fraction of sp³-hybridized carbons (Fsp3) is 0. The maximum atomic E-state index is 13.8. The molecule has 0 radical (unpaired) electrons. The molecule has 96 valence electrons. The molecule has 0 aliphatic rings. The lowest BCUT2D eigenvalue weighted by atomic mass is 10.1. The van der Waals surface area contributed by atoms with E-state index in [-0.39, 0.29) is 5.82 Å². The summed E-state index contributed by atoms with van der Waals surface area (Å²) < 4.78 is 14.6. The fourth-order valence-corrected chi connectivity index (χ4v) is 2.89. The van der Waals surface area contributed by atoms with Gasteiger partial charge in [0.15, 0.2) is 0 Å². The van der Waals surface area contributed by atoms with Crippen molar-refractivity contribution in [3.8, 4) is 21.8 Å². The van der Waals surface area contributed by atoms with Gasteiger partial charge in [-0.3, -0.25) is 5.10 Å². The van der Waals surface area contributed by atoms with Crippen LogP contribution in [0.5, 0.6) is 0 Å². The Morgan fingerprint density at radius 3 is 2.89 bits per heavy atom. The number of aromatic amines is 1. The van der Waals surface area contributed by atoms with Gasteiger partial charge in [-0.05, 0) is 18.2 Å². The number of nitrogens with zero attached hydrogens (tertiary/aromatic N) is 2. The highest BCUT2D eigenvalue weighted by molar-refractivity contribution is 9.10. The number of hydrogen-bond donors (Lipinski definition) is 2. The lowest BCUT2D eigenvalue weighted by molar-refractivity contribution is 0.630. The minimum atomic E-state index is -0.305. The summed E-state index contributed by atoms with van der Waals surface area (Å²) in [6.07, 6.45) is 1.61. The van der Waals surface area contributed by atoms with E-state index in [2.05, 4.69) is 31.1 Å². The van der Waals surface area contributed by atoms with Gasteiger partial charge in [-0.15, -0.1) is 11.3 Å². The largest absolute Gasteiger partial charge is 0.383 e. The van der Waals surface area contributed by atoms with E-state index in [1.165, 1.54) is 17.4 Å². The number of aromatic nitrogens is 3. The Labute approximate surface area is 120 Å². The highest BCUT2D eigenvalue weighted by atomic mass is 79.9. The summed E-state index contributed by atoms with van der Waals surface area (Å²) in [5.41, 5.74) is 7.51. The second-order valence-corrected chi connectivity index (χ2v) is 5.63.